The minimum atomic E-state index is -1.06. The highest BCUT2D eigenvalue weighted by molar-refractivity contribution is 5.75. The first-order valence-electron chi connectivity index (χ1n) is 5.55. The fourth-order valence-corrected chi connectivity index (χ4v) is 1.56. The molecule has 0 spiro atoms. The molecular formula is C11H19NO5. The van der Waals surface area contributed by atoms with Crippen molar-refractivity contribution in [2.45, 2.75) is 45.5 Å². The van der Waals surface area contributed by atoms with E-state index >= 15 is 0 Å². The number of morpholine rings is 1. The van der Waals surface area contributed by atoms with E-state index < -0.39 is 23.8 Å². The zero-order valence-corrected chi connectivity index (χ0v) is 10.6. The molecule has 0 aromatic heterocycles. The molecule has 0 aromatic rings. The van der Waals surface area contributed by atoms with Gasteiger partial charge in [0.15, 0.2) is 6.10 Å². The van der Waals surface area contributed by atoms with Gasteiger partial charge in [0, 0.05) is 0 Å². The third kappa shape index (κ3) is 4.22. The van der Waals surface area contributed by atoms with E-state index in [0.717, 1.165) is 0 Å². The number of aliphatic carboxylic acids is 1. The first-order chi connectivity index (χ1) is 7.69. The van der Waals surface area contributed by atoms with E-state index in [4.69, 9.17) is 14.6 Å². The molecule has 1 saturated heterocycles. The number of carboxylic acid groups (broad SMARTS) is 1. The number of carbonyl (C=O) groups is 2. The third-order valence-electron chi connectivity index (χ3n) is 2.19. The van der Waals surface area contributed by atoms with Crippen LogP contribution in [0.25, 0.3) is 0 Å². The van der Waals surface area contributed by atoms with Crippen LogP contribution >= 0.6 is 0 Å². The van der Waals surface area contributed by atoms with E-state index in [1.807, 2.05) is 0 Å². The molecule has 1 N–H and O–H groups in total. The van der Waals surface area contributed by atoms with Crippen LogP contribution in [0.15, 0.2) is 0 Å². The first kappa shape index (κ1) is 13.8. The molecule has 1 rings (SSSR count). The van der Waals surface area contributed by atoms with Gasteiger partial charge >= 0.3 is 12.1 Å². The van der Waals surface area contributed by atoms with E-state index in [9.17, 15) is 9.59 Å². The Kier molecular flexibility index (Phi) is 3.98. The van der Waals surface area contributed by atoms with Crippen molar-refractivity contribution in [2.24, 2.45) is 0 Å². The van der Waals surface area contributed by atoms with Gasteiger partial charge in [-0.2, -0.15) is 0 Å². The predicted octanol–water partition coefficient (Wildman–Crippen LogP) is 1.10. The fraction of sp³-hybridized carbons (Fsp3) is 0.818. The molecule has 0 bridgehead atoms. The number of hydrogen-bond acceptors (Lipinski definition) is 4. The zero-order valence-electron chi connectivity index (χ0n) is 10.6. The van der Waals surface area contributed by atoms with Crippen LogP contribution in [0.4, 0.5) is 4.79 Å². The van der Waals surface area contributed by atoms with Gasteiger partial charge in [0.2, 0.25) is 0 Å². The number of carbonyl (C=O) groups excluding carboxylic acids is 1. The smallest absolute Gasteiger partial charge is 0.410 e. The largest absolute Gasteiger partial charge is 0.479 e. The second-order valence-electron chi connectivity index (χ2n) is 5.16. The van der Waals surface area contributed by atoms with Gasteiger partial charge in [-0.3, -0.25) is 0 Å². The lowest BCUT2D eigenvalue weighted by molar-refractivity contribution is -0.161. The lowest BCUT2D eigenvalue weighted by Crippen LogP contribution is -2.52. The van der Waals surface area contributed by atoms with Gasteiger partial charge in [0.05, 0.1) is 19.2 Å². The summed E-state index contributed by atoms with van der Waals surface area (Å²) < 4.78 is 10.4. The van der Waals surface area contributed by atoms with E-state index in [1.54, 1.807) is 27.7 Å². The normalized spacial score (nSPS) is 25.5. The van der Waals surface area contributed by atoms with Crippen LogP contribution in [-0.2, 0) is 14.3 Å². The Balaban J connectivity index is 2.64. The summed E-state index contributed by atoms with van der Waals surface area (Å²) >= 11 is 0. The number of hydrogen-bond donors (Lipinski definition) is 1. The summed E-state index contributed by atoms with van der Waals surface area (Å²) in [6, 6.07) is 0. The molecule has 6 nitrogen and oxygen atoms in total. The summed E-state index contributed by atoms with van der Waals surface area (Å²) in [5, 5.41) is 8.88. The van der Waals surface area contributed by atoms with Crippen molar-refractivity contribution in [1.29, 1.82) is 0 Å². The Labute approximate surface area is 100 Å². The Morgan fingerprint density at radius 3 is 2.41 bits per heavy atom. The number of rotatable bonds is 1. The quantitative estimate of drug-likeness (QED) is 0.748. The van der Waals surface area contributed by atoms with Gasteiger partial charge in [-0.15, -0.1) is 0 Å². The molecule has 6 heteroatoms. The second-order valence-corrected chi connectivity index (χ2v) is 5.16. The number of ether oxygens (including phenoxy) is 2. The molecule has 0 aliphatic carbocycles. The highest BCUT2D eigenvalue weighted by Gasteiger charge is 2.34. The van der Waals surface area contributed by atoms with E-state index in [0.29, 0.717) is 6.54 Å². The summed E-state index contributed by atoms with van der Waals surface area (Å²) in [7, 11) is 0. The van der Waals surface area contributed by atoms with Gasteiger partial charge in [-0.25, -0.2) is 9.59 Å². The first-order valence-corrected chi connectivity index (χ1v) is 5.55. The van der Waals surface area contributed by atoms with Crippen molar-refractivity contribution in [1.82, 2.24) is 4.90 Å². The molecule has 0 aromatic carbocycles. The van der Waals surface area contributed by atoms with Crippen molar-refractivity contribution >= 4 is 12.1 Å². The van der Waals surface area contributed by atoms with Crippen LogP contribution in [-0.4, -0.2) is 53.0 Å². The van der Waals surface area contributed by atoms with E-state index in [-0.39, 0.29) is 12.6 Å². The van der Waals surface area contributed by atoms with Crippen molar-refractivity contribution in [3.63, 3.8) is 0 Å². The van der Waals surface area contributed by atoms with E-state index in [1.165, 1.54) is 4.90 Å². The van der Waals surface area contributed by atoms with Crippen molar-refractivity contribution in [3.8, 4) is 0 Å². The van der Waals surface area contributed by atoms with Crippen molar-refractivity contribution in [2.75, 3.05) is 13.1 Å². The SMILES string of the molecule is C[C@@H]1CN(C(=O)OC(C)(C)C)CC(C(=O)O)O1. The molecule has 17 heavy (non-hydrogen) atoms. The van der Waals surface area contributed by atoms with Crippen LogP contribution in [0.5, 0.6) is 0 Å². The van der Waals surface area contributed by atoms with Crippen LogP contribution < -0.4 is 0 Å². The highest BCUT2D eigenvalue weighted by Crippen LogP contribution is 2.15. The number of nitrogens with zero attached hydrogens (tertiary/aromatic N) is 1. The van der Waals surface area contributed by atoms with Crippen molar-refractivity contribution < 1.29 is 24.2 Å². The predicted molar refractivity (Wildman–Crippen MR) is 59.8 cm³/mol. The summed E-state index contributed by atoms with van der Waals surface area (Å²) in [5.74, 6) is -1.06. The molecule has 1 aliphatic heterocycles. The minimum absolute atomic E-state index is 0.0224. The molecule has 0 radical (unpaired) electrons. The molecule has 0 saturated carbocycles. The van der Waals surface area contributed by atoms with Crippen LogP contribution in [0.1, 0.15) is 27.7 Å². The van der Waals surface area contributed by atoms with Crippen LogP contribution in [0.2, 0.25) is 0 Å². The lowest BCUT2D eigenvalue weighted by Gasteiger charge is -2.35. The monoisotopic (exact) mass is 245 g/mol. The molecule has 1 unspecified atom stereocenters. The molecule has 98 valence electrons. The average Bonchev–Trinajstić information content (AvgIpc) is 2.13. The second kappa shape index (κ2) is 4.91. The molecule has 1 heterocycles. The summed E-state index contributed by atoms with van der Waals surface area (Å²) in [4.78, 5) is 24.0. The summed E-state index contributed by atoms with van der Waals surface area (Å²) in [5.41, 5.74) is -0.586. The van der Waals surface area contributed by atoms with Gasteiger partial charge in [-0.05, 0) is 27.7 Å². The maximum atomic E-state index is 11.8. The highest BCUT2D eigenvalue weighted by atomic mass is 16.6. The fourth-order valence-electron chi connectivity index (χ4n) is 1.56. The van der Waals surface area contributed by atoms with E-state index in [2.05, 4.69) is 0 Å². The van der Waals surface area contributed by atoms with Crippen LogP contribution in [0.3, 0.4) is 0 Å². The maximum absolute atomic E-state index is 11.8. The Morgan fingerprint density at radius 2 is 1.94 bits per heavy atom. The molecule has 1 amide bonds. The number of carboxylic acids is 1. The van der Waals surface area contributed by atoms with Gasteiger partial charge < -0.3 is 19.5 Å². The molecule has 2 atom stereocenters. The van der Waals surface area contributed by atoms with Gasteiger partial charge in [0.25, 0.3) is 0 Å². The maximum Gasteiger partial charge on any atom is 0.410 e. The zero-order chi connectivity index (χ0) is 13.2. The topological polar surface area (TPSA) is 76.1 Å². The lowest BCUT2D eigenvalue weighted by atomic mass is 10.2. The average molecular weight is 245 g/mol. The molecular weight excluding hydrogens is 226 g/mol. The Morgan fingerprint density at radius 1 is 1.35 bits per heavy atom. The molecule has 1 fully saturated rings. The number of amides is 1. The summed E-state index contributed by atoms with van der Waals surface area (Å²) in [6.07, 6.45) is -1.79. The Hall–Kier alpha value is -1.30. The van der Waals surface area contributed by atoms with Crippen molar-refractivity contribution in [3.05, 3.63) is 0 Å². The third-order valence-corrected chi connectivity index (χ3v) is 2.19. The molecule has 1 aliphatic rings. The van der Waals surface area contributed by atoms with Gasteiger partial charge in [0.1, 0.15) is 5.60 Å². The minimum Gasteiger partial charge on any atom is -0.479 e. The van der Waals surface area contributed by atoms with Gasteiger partial charge in [-0.1, -0.05) is 0 Å². The summed E-state index contributed by atoms with van der Waals surface area (Å²) in [6.45, 7) is 7.40. The Bertz CT molecular complexity index is 309. The van der Waals surface area contributed by atoms with Crippen LogP contribution in [0, 0.1) is 0 Å². The standard InChI is InChI=1S/C11H19NO5/c1-7-5-12(6-8(16-7)9(13)14)10(15)17-11(2,3)4/h7-8H,5-6H2,1-4H3,(H,13,14)/t7-,8?/m1/s1.